The summed E-state index contributed by atoms with van der Waals surface area (Å²) in [5, 5.41) is 14.7. The van der Waals surface area contributed by atoms with E-state index in [1.54, 1.807) is 24.3 Å². The van der Waals surface area contributed by atoms with Crippen LogP contribution < -0.4 is 10.4 Å². The van der Waals surface area contributed by atoms with E-state index in [0.29, 0.717) is 0 Å². The van der Waals surface area contributed by atoms with Crippen molar-refractivity contribution in [3.8, 4) is 0 Å². The Bertz CT molecular complexity index is 3150. The maximum Gasteiger partial charge on any atom is 0.338 e. The van der Waals surface area contributed by atoms with E-state index in [1.165, 1.54) is 6.92 Å². The van der Waals surface area contributed by atoms with Crippen LogP contribution in [0.25, 0.3) is 0 Å². The van der Waals surface area contributed by atoms with Gasteiger partial charge in [-0.2, -0.15) is 0 Å². The molecule has 0 bridgehead atoms. The highest BCUT2D eigenvalue weighted by Gasteiger charge is 2.59. The Kier molecular flexibility index (Phi) is 21.4. The molecule has 2 unspecified atom stereocenters. The molecule has 11 atom stereocenters. The van der Waals surface area contributed by atoms with E-state index >= 15 is 0 Å². The highest BCUT2D eigenvalue weighted by Crippen LogP contribution is 2.44. The average Bonchev–Trinajstić information content (AvgIpc) is 1.74. The fourth-order valence-electron chi connectivity index (χ4n) is 12.2. The van der Waals surface area contributed by atoms with Gasteiger partial charge in [-0.3, -0.25) is 4.79 Å². The van der Waals surface area contributed by atoms with Gasteiger partial charge in [0.1, 0.15) is 30.5 Å². The Morgan fingerprint density at radius 3 is 1.08 bits per heavy atom. The first-order valence-corrected chi connectivity index (χ1v) is 31.7. The summed E-state index contributed by atoms with van der Waals surface area (Å²) in [5.41, 5.74) is 4.91. The van der Waals surface area contributed by atoms with Gasteiger partial charge in [-0.1, -0.05) is 251 Å². The third kappa shape index (κ3) is 15.4. The second kappa shape index (κ2) is 29.8. The van der Waals surface area contributed by atoms with Crippen molar-refractivity contribution in [2.24, 2.45) is 5.92 Å². The molecule has 0 spiro atoms. The van der Waals surface area contributed by atoms with Crippen LogP contribution in [0.4, 0.5) is 0 Å². The lowest BCUT2D eigenvalue weighted by Gasteiger charge is -2.52. The molecule has 10 rings (SSSR count). The maximum absolute atomic E-state index is 14.6. The van der Waals surface area contributed by atoms with Crippen LogP contribution in [0.3, 0.4) is 0 Å². The summed E-state index contributed by atoms with van der Waals surface area (Å²) in [6.45, 7) is 8.64. The fourth-order valence-corrected chi connectivity index (χ4v) is 16.7. The summed E-state index contributed by atoms with van der Waals surface area (Å²) in [5.74, 6) is -2.08. The molecule has 1 heterocycles. The summed E-state index contributed by atoms with van der Waals surface area (Å²) < 4.78 is 64.3. The van der Waals surface area contributed by atoms with E-state index < -0.39 is 92.3 Å². The van der Waals surface area contributed by atoms with E-state index in [0.717, 1.165) is 38.2 Å². The molecule has 1 aliphatic carbocycles. The number of benzene rings is 8. The molecule has 8 aromatic carbocycles. The number of carbonyl (C=O) groups excluding carboxylic acids is 2. The van der Waals surface area contributed by atoms with Crippen molar-refractivity contribution in [3.05, 3.63) is 276 Å². The van der Waals surface area contributed by atoms with Crippen LogP contribution in [0.5, 0.6) is 0 Å². The first-order chi connectivity index (χ1) is 41.9. The molecule has 1 saturated heterocycles. The summed E-state index contributed by atoms with van der Waals surface area (Å²) in [6, 6.07) is 78.9. The zero-order valence-electron chi connectivity index (χ0n) is 49.3. The van der Waals surface area contributed by atoms with Crippen LogP contribution in [0.15, 0.2) is 243 Å². The number of aliphatic hydroxyl groups is 1. The van der Waals surface area contributed by atoms with E-state index in [9.17, 15) is 14.7 Å². The number of esters is 2. The molecule has 446 valence electrons. The molecule has 8 aromatic rings. The predicted octanol–water partition coefficient (Wildman–Crippen LogP) is 11.8. The molecule has 1 aliphatic heterocycles. The van der Waals surface area contributed by atoms with Gasteiger partial charge in [0.15, 0.2) is 12.2 Å². The van der Waals surface area contributed by atoms with Gasteiger partial charge in [-0.25, -0.2) is 4.79 Å². The molecule has 12 nitrogen and oxygen atoms in total. The monoisotopic (exact) mass is 1170 g/mol. The van der Waals surface area contributed by atoms with Crippen molar-refractivity contribution >= 4 is 30.6 Å². The van der Waals surface area contributed by atoms with Crippen LogP contribution in [-0.2, 0) is 80.1 Å². The second-order valence-electron chi connectivity index (χ2n) is 23.2. The average molecular weight is 1180 g/mol. The van der Waals surface area contributed by atoms with Gasteiger partial charge >= 0.3 is 11.9 Å². The van der Waals surface area contributed by atoms with Crippen LogP contribution in [0.1, 0.15) is 72.3 Å². The van der Waals surface area contributed by atoms with Crippen molar-refractivity contribution in [2.75, 3.05) is 6.61 Å². The van der Waals surface area contributed by atoms with E-state index in [4.69, 9.17) is 42.3 Å². The van der Waals surface area contributed by atoms with Crippen LogP contribution in [-0.4, -0.2) is 93.0 Å². The number of aliphatic hydroxyl groups excluding tert-OH is 1. The third-order valence-corrected chi connectivity index (χ3v) is 21.3. The smallest absolute Gasteiger partial charge is 0.338 e. The third-order valence-electron chi connectivity index (χ3n) is 16.3. The van der Waals surface area contributed by atoms with Gasteiger partial charge < -0.3 is 47.4 Å². The number of hydrogen-bond donors (Lipinski definition) is 1. The first kappa shape index (κ1) is 61.7. The van der Waals surface area contributed by atoms with Gasteiger partial charge in [-0.15, -0.1) is 0 Å². The molecule has 1 N–H and O–H groups in total. The minimum Gasteiger partial charge on any atom is -0.457 e. The normalized spacial score (nSPS) is 23.2. The van der Waals surface area contributed by atoms with Crippen molar-refractivity contribution in [3.63, 3.8) is 0 Å². The lowest BCUT2D eigenvalue weighted by atomic mass is 9.73. The fraction of sp³-hybridized carbons (Fsp3) is 0.315. The van der Waals surface area contributed by atoms with E-state index in [2.05, 4.69) is 45.0 Å². The molecule has 13 heteroatoms. The highest BCUT2D eigenvalue weighted by molar-refractivity contribution is 6.99. The highest BCUT2D eigenvalue weighted by atomic mass is 28.4. The lowest BCUT2D eigenvalue weighted by Crippen LogP contribution is -2.69. The summed E-state index contributed by atoms with van der Waals surface area (Å²) in [4.78, 5) is 28.0. The van der Waals surface area contributed by atoms with Gasteiger partial charge in [-0.05, 0) is 61.8 Å². The van der Waals surface area contributed by atoms with Gasteiger partial charge in [0.25, 0.3) is 8.32 Å². The molecule has 2 fully saturated rings. The first-order valence-electron chi connectivity index (χ1n) is 29.7. The molecular weight excluding hydrogens is 1100 g/mol. The van der Waals surface area contributed by atoms with Crippen LogP contribution in [0, 0.1) is 5.92 Å². The minimum absolute atomic E-state index is 0.0347. The molecule has 1 saturated carbocycles. The van der Waals surface area contributed by atoms with Crippen molar-refractivity contribution in [1.29, 1.82) is 0 Å². The Hall–Kier alpha value is -7.40. The Morgan fingerprint density at radius 1 is 0.419 bits per heavy atom. The summed E-state index contributed by atoms with van der Waals surface area (Å²) in [6.07, 6.45) is -10.8. The topological polar surface area (TPSA) is 137 Å². The number of hydrogen-bond acceptors (Lipinski definition) is 12. The van der Waals surface area contributed by atoms with Crippen molar-refractivity contribution in [1.82, 2.24) is 0 Å². The number of rotatable bonds is 25. The van der Waals surface area contributed by atoms with Crippen LogP contribution >= 0.6 is 0 Å². The summed E-state index contributed by atoms with van der Waals surface area (Å²) >= 11 is 0. The quantitative estimate of drug-likeness (QED) is 0.0431. The SMILES string of the molecule is CC(=O)O[C@H]1[C@@H](O)[C@H](OC(=O)c2ccccc2)[C@@H](CC2[C@@H](OCc3ccccc3)[C@H](OCc3ccccc3)C(OCc3ccccc3)[C@@H](OCc3ccccc3)[C@H]2OCc2ccccc2)O[C@@H]1CO[Si](c1ccccc1)(c1ccccc1)C(C)(C)C. The zero-order chi connectivity index (χ0) is 59.7. The molecule has 0 radical (unpaired) electrons. The summed E-state index contributed by atoms with van der Waals surface area (Å²) in [7, 11) is -3.29. The van der Waals surface area contributed by atoms with Crippen molar-refractivity contribution < 1.29 is 57.0 Å². The molecule has 0 aromatic heterocycles. The largest absolute Gasteiger partial charge is 0.457 e. The van der Waals surface area contributed by atoms with Gasteiger partial charge in [0.2, 0.25) is 0 Å². The molecular formula is C73H78O12Si. The van der Waals surface area contributed by atoms with Gasteiger partial charge in [0.05, 0.1) is 63.5 Å². The lowest BCUT2D eigenvalue weighted by molar-refractivity contribution is -0.283. The predicted molar refractivity (Wildman–Crippen MR) is 333 cm³/mol. The van der Waals surface area contributed by atoms with Crippen LogP contribution in [0.2, 0.25) is 5.04 Å². The Labute approximate surface area is 507 Å². The molecule has 86 heavy (non-hydrogen) atoms. The molecule has 0 amide bonds. The second-order valence-corrected chi connectivity index (χ2v) is 27.5. The van der Waals surface area contributed by atoms with E-state index in [-0.39, 0.29) is 51.6 Å². The Morgan fingerprint density at radius 2 is 0.733 bits per heavy atom. The standard InChI is InChI=1S/C73H78O12Si/c1-52(74)83-68-63(51-82-86(73(2,3)4,59-41-25-11-26-42-59)60-43-27-12-28-44-60)84-62(67(64(68)75)85-72(76)58-39-23-10-24-40-58)45-61-65(77-46-53-29-13-5-14-30-53)69(79-48-55-33-17-7-18-34-55)71(81-50-57-37-21-9-22-38-57)70(80-49-56-35-19-8-20-36-56)66(61)78-47-54-31-15-6-16-32-54/h5-44,61-71,75H,45-51H2,1-4H3/t61?,62-,63-,64+,65-,66+,67-,68-,69+,70+,71?/m1/s1. The van der Waals surface area contributed by atoms with E-state index in [1.807, 2.05) is 194 Å². The molecule has 2 aliphatic rings. The number of ether oxygens (including phenoxy) is 8. The number of carbonyl (C=O) groups is 2. The maximum atomic E-state index is 14.6. The minimum atomic E-state index is -3.29. The van der Waals surface area contributed by atoms with Gasteiger partial charge in [0, 0.05) is 12.8 Å². The Balaban J connectivity index is 1.13. The zero-order valence-corrected chi connectivity index (χ0v) is 50.3. The van der Waals surface area contributed by atoms with Crippen molar-refractivity contribution in [2.45, 2.75) is 133 Å².